The van der Waals surface area contributed by atoms with Crippen LogP contribution in [0.25, 0.3) is 21.6 Å². The highest BCUT2D eigenvalue weighted by Crippen LogP contribution is 2.25. The number of aryl methyl sites for hydroxylation is 2. The quantitative estimate of drug-likeness (QED) is 0.744. The summed E-state index contributed by atoms with van der Waals surface area (Å²) in [6, 6.07) is 11.8. The van der Waals surface area contributed by atoms with E-state index in [0.29, 0.717) is 11.2 Å². The van der Waals surface area contributed by atoms with E-state index >= 15 is 0 Å². The summed E-state index contributed by atoms with van der Waals surface area (Å²) in [5, 5.41) is 9.66. The van der Waals surface area contributed by atoms with Gasteiger partial charge in [0.05, 0.1) is 11.5 Å². The molecule has 0 amide bonds. The van der Waals surface area contributed by atoms with Gasteiger partial charge in [-0.15, -0.1) is 11.3 Å². The first kappa shape index (κ1) is 14.5. The van der Waals surface area contributed by atoms with Crippen LogP contribution in [0.3, 0.4) is 0 Å². The van der Waals surface area contributed by atoms with Crippen molar-refractivity contribution >= 4 is 21.6 Å². The molecule has 2 aromatic heterocycles. The number of rotatable bonds is 3. The summed E-state index contributed by atoms with van der Waals surface area (Å²) < 4.78 is 1.46. The second-order valence-corrected chi connectivity index (χ2v) is 6.25. The molecule has 3 rings (SSSR count). The van der Waals surface area contributed by atoms with Crippen molar-refractivity contribution in [3.05, 3.63) is 51.1 Å². The van der Waals surface area contributed by atoms with Crippen LogP contribution in [0, 0.1) is 18.3 Å². The minimum Gasteiger partial charge on any atom is -0.278 e. The number of hydrogen-bond donors (Lipinski definition) is 0. The Balaban J connectivity index is 2.35. The van der Waals surface area contributed by atoms with Crippen LogP contribution < -0.4 is 5.56 Å². The van der Waals surface area contributed by atoms with Gasteiger partial charge in [0.2, 0.25) is 0 Å². The predicted octanol–water partition coefficient (Wildman–Crippen LogP) is 3.52. The zero-order chi connectivity index (χ0) is 15.7. The second kappa shape index (κ2) is 5.74. The van der Waals surface area contributed by atoms with Gasteiger partial charge in [-0.25, -0.2) is 4.98 Å². The Kier molecular flexibility index (Phi) is 3.78. The van der Waals surface area contributed by atoms with E-state index in [1.54, 1.807) is 11.3 Å². The first-order valence-electron chi connectivity index (χ1n) is 7.11. The van der Waals surface area contributed by atoms with Gasteiger partial charge in [0.25, 0.3) is 5.56 Å². The predicted molar refractivity (Wildman–Crippen MR) is 89.0 cm³/mol. The van der Waals surface area contributed by atoms with Gasteiger partial charge in [0, 0.05) is 10.4 Å². The molecule has 0 saturated heterocycles. The van der Waals surface area contributed by atoms with Gasteiger partial charge in [0.15, 0.2) is 0 Å². The molecule has 0 aliphatic heterocycles. The van der Waals surface area contributed by atoms with E-state index in [-0.39, 0.29) is 12.1 Å². The molecule has 0 aliphatic carbocycles. The summed E-state index contributed by atoms with van der Waals surface area (Å²) in [7, 11) is 0. The van der Waals surface area contributed by atoms with Crippen molar-refractivity contribution in [1.82, 2.24) is 9.55 Å². The number of nitrogens with zero attached hydrogens (tertiary/aromatic N) is 3. The van der Waals surface area contributed by atoms with Crippen molar-refractivity contribution in [2.75, 3.05) is 0 Å². The largest absolute Gasteiger partial charge is 0.278 e. The van der Waals surface area contributed by atoms with E-state index in [0.717, 1.165) is 27.3 Å². The molecule has 1 aromatic carbocycles. The molecule has 0 radical (unpaired) electrons. The Labute approximate surface area is 132 Å². The normalized spacial score (nSPS) is 10.8. The number of hydrogen-bond acceptors (Lipinski definition) is 4. The average molecular weight is 309 g/mol. The molecule has 2 heterocycles. The van der Waals surface area contributed by atoms with Crippen molar-refractivity contribution in [2.24, 2.45) is 0 Å². The summed E-state index contributed by atoms with van der Waals surface area (Å²) in [6.07, 6.45) is 0.874. The first-order valence-corrected chi connectivity index (χ1v) is 7.93. The highest BCUT2D eigenvalue weighted by atomic mass is 32.1. The molecule has 4 nitrogen and oxygen atoms in total. The number of fused-ring (bicyclic) bond motifs is 1. The number of benzene rings is 1. The molecule has 0 aliphatic rings. The van der Waals surface area contributed by atoms with E-state index in [1.807, 2.05) is 37.3 Å². The lowest BCUT2D eigenvalue weighted by Crippen LogP contribution is -2.22. The van der Waals surface area contributed by atoms with Crippen LogP contribution in [0.4, 0.5) is 0 Å². The Morgan fingerprint density at radius 3 is 2.86 bits per heavy atom. The van der Waals surface area contributed by atoms with E-state index < -0.39 is 0 Å². The number of aromatic nitrogens is 2. The van der Waals surface area contributed by atoms with Crippen LogP contribution in [0.1, 0.15) is 17.4 Å². The lowest BCUT2D eigenvalue weighted by Gasteiger charge is -2.09. The maximum atomic E-state index is 12.7. The fraction of sp³-hybridized carbons (Fsp3) is 0.235. The van der Waals surface area contributed by atoms with Crippen molar-refractivity contribution in [1.29, 1.82) is 5.26 Å². The maximum absolute atomic E-state index is 12.7. The summed E-state index contributed by atoms with van der Waals surface area (Å²) in [5.74, 6) is 0.562. The molecule has 110 valence electrons. The SMILES string of the molecule is CCc1cc2c(=O)n(CC#N)c(-c3cccc(C)c3)nc2s1. The van der Waals surface area contributed by atoms with Gasteiger partial charge in [-0.2, -0.15) is 5.26 Å². The second-order valence-electron chi connectivity index (χ2n) is 5.14. The van der Waals surface area contributed by atoms with Gasteiger partial charge in [-0.3, -0.25) is 9.36 Å². The number of thiophene rings is 1. The zero-order valence-electron chi connectivity index (χ0n) is 12.5. The Morgan fingerprint density at radius 2 is 2.18 bits per heavy atom. The van der Waals surface area contributed by atoms with Crippen LogP contribution in [0.5, 0.6) is 0 Å². The Morgan fingerprint density at radius 1 is 1.36 bits per heavy atom. The molecule has 22 heavy (non-hydrogen) atoms. The lowest BCUT2D eigenvalue weighted by atomic mass is 10.1. The van der Waals surface area contributed by atoms with E-state index in [9.17, 15) is 4.79 Å². The van der Waals surface area contributed by atoms with E-state index in [1.165, 1.54) is 4.57 Å². The third-order valence-electron chi connectivity index (χ3n) is 3.56. The van der Waals surface area contributed by atoms with Crippen LogP contribution in [-0.4, -0.2) is 9.55 Å². The van der Waals surface area contributed by atoms with Crippen LogP contribution in [0.2, 0.25) is 0 Å². The fourth-order valence-electron chi connectivity index (χ4n) is 2.46. The fourth-order valence-corrected chi connectivity index (χ4v) is 3.42. The third kappa shape index (κ3) is 2.42. The summed E-state index contributed by atoms with van der Waals surface area (Å²) in [6.45, 7) is 4.05. The molecule has 0 unspecified atom stereocenters. The Bertz CT molecular complexity index is 947. The maximum Gasteiger partial charge on any atom is 0.263 e. The van der Waals surface area contributed by atoms with Crippen molar-refractivity contribution < 1.29 is 0 Å². The van der Waals surface area contributed by atoms with Gasteiger partial charge >= 0.3 is 0 Å². The summed E-state index contributed by atoms with van der Waals surface area (Å²) in [5.41, 5.74) is 1.82. The monoisotopic (exact) mass is 309 g/mol. The van der Waals surface area contributed by atoms with Crippen molar-refractivity contribution in [3.8, 4) is 17.5 Å². The van der Waals surface area contributed by atoms with Crippen molar-refractivity contribution in [3.63, 3.8) is 0 Å². The molecule has 5 heteroatoms. The Hall–Kier alpha value is -2.45. The van der Waals surface area contributed by atoms with E-state index in [2.05, 4.69) is 18.0 Å². The molecule has 0 spiro atoms. The molecule has 0 saturated carbocycles. The van der Waals surface area contributed by atoms with Gasteiger partial charge < -0.3 is 0 Å². The van der Waals surface area contributed by atoms with E-state index in [4.69, 9.17) is 5.26 Å². The third-order valence-corrected chi connectivity index (χ3v) is 4.73. The topological polar surface area (TPSA) is 58.7 Å². The summed E-state index contributed by atoms with van der Waals surface area (Å²) >= 11 is 1.54. The highest BCUT2D eigenvalue weighted by Gasteiger charge is 2.15. The minimum absolute atomic E-state index is 0.00233. The molecule has 3 aromatic rings. The molecule has 0 bridgehead atoms. The van der Waals surface area contributed by atoms with Gasteiger partial charge in [-0.05, 0) is 25.5 Å². The zero-order valence-corrected chi connectivity index (χ0v) is 13.3. The molecular formula is C17H15N3OS. The highest BCUT2D eigenvalue weighted by molar-refractivity contribution is 7.18. The number of nitriles is 1. The lowest BCUT2D eigenvalue weighted by molar-refractivity contribution is 0.788. The summed E-state index contributed by atoms with van der Waals surface area (Å²) in [4.78, 5) is 19.2. The standard InChI is InChI=1S/C17H15N3OS/c1-3-13-10-14-16(22-13)19-15(20(8-7-18)17(14)21)12-6-4-5-11(2)9-12/h4-6,9-10H,3,8H2,1-2H3. The van der Waals surface area contributed by atoms with Gasteiger partial charge in [0.1, 0.15) is 17.2 Å². The average Bonchev–Trinajstić information content (AvgIpc) is 2.93. The van der Waals surface area contributed by atoms with Gasteiger partial charge in [-0.1, -0.05) is 30.7 Å². The van der Waals surface area contributed by atoms with Crippen molar-refractivity contribution in [2.45, 2.75) is 26.8 Å². The molecule has 0 fully saturated rings. The molecule has 0 atom stereocenters. The van der Waals surface area contributed by atoms with Crippen LogP contribution >= 0.6 is 11.3 Å². The minimum atomic E-state index is -0.140. The smallest absolute Gasteiger partial charge is 0.263 e. The first-order chi connectivity index (χ1) is 10.6. The molecule has 0 N–H and O–H groups in total. The van der Waals surface area contributed by atoms with Crippen LogP contribution in [0.15, 0.2) is 35.1 Å². The van der Waals surface area contributed by atoms with Crippen LogP contribution in [-0.2, 0) is 13.0 Å². The molecular weight excluding hydrogens is 294 g/mol.